The average molecular weight is 1070 g/mol. The third kappa shape index (κ3) is 9.70. The monoisotopic (exact) mass is 1070 g/mol. The van der Waals surface area contributed by atoms with Crippen molar-refractivity contribution in [1.82, 2.24) is 0 Å². The van der Waals surface area contributed by atoms with Gasteiger partial charge in [-0.05, 0) is 100 Å². The molecule has 4 aliphatic carbocycles. The molecule has 8 aliphatic rings. The van der Waals surface area contributed by atoms with E-state index in [1.165, 1.54) is 12.5 Å². The summed E-state index contributed by atoms with van der Waals surface area (Å²) in [5.74, 6) is -0.866. The smallest absolute Gasteiger partial charge is 0.397 e. The molecule has 3 saturated carbocycles. The minimum Gasteiger partial charge on any atom is -0.458 e. The summed E-state index contributed by atoms with van der Waals surface area (Å²) in [6.45, 7) is 16.1. The van der Waals surface area contributed by atoms with Gasteiger partial charge in [-0.3, -0.25) is 18.7 Å². The number of aliphatic hydroxyl groups excluding tert-OH is 6. The molecule has 22 atom stereocenters. The summed E-state index contributed by atoms with van der Waals surface area (Å²) in [5.41, 5.74) is -1.34. The van der Waals surface area contributed by atoms with Gasteiger partial charge in [0, 0.05) is 6.42 Å². The highest BCUT2D eigenvalue weighted by Crippen LogP contribution is 2.75. The molecule has 0 bridgehead atoms. The molecule has 8 rings (SSSR count). The molecule has 0 aromatic rings. The molecule has 0 aromatic heterocycles. The molecule has 1 spiro atoms. The molecule has 22 unspecified atom stereocenters. The maximum atomic E-state index is 14.3. The molecule has 4 heterocycles. The number of rotatable bonds is 15. The Kier molecular flexibility index (Phi) is 15.4. The van der Waals surface area contributed by atoms with E-state index in [0.717, 1.165) is 18.4 Å². The average Bonchev–Trinajstić information content (AvgIpc) is 3.66. The number of carbonyl (C=O) groups is 2. The zero-order valence-electron chi connectivity index (χ0n) is 41.5. The minimum atomic E-state index is -5.16. The number of ketones is 1. The first-order valence-electron chi connectivity index (χ1n) is 24.7. The van der Waals surface area contributed by atoms with Crippen molar-refractivity contribution < 1.29 is 108 Å². The summed E-state index contributed by atoms with van der Waals surface area (Å²) in [5, 5.41) is 65.9. The topological polar surface area (TPSA) is 347 Å². The maximum Gasteiger partial charge on any atom is 0.397 e. The predicted molar refractivity (Wildman–Crippen MR) is 244 cm³/mol. The fourth-order valence-electron chi connectivity index (χ4n) is 14.5. The van der Waals surface area contributed by atoms with Gasteiger partial charge in [0.25, 0.3) is 0 Å². The highest BCUT2D eigenvalue weighted by molar-refractivity contribution is 7.81. The van der Waals surface area contributed by atoms with Gasteiger partial charge in [0.1, 0.15) is 72.4 Å². The highest BCUT2D eigenvalue weighted by Gasteiger charge is 2.79. The Labute approximate surface area is 419 Å². The standard InChI is InChI=1S/C47H72O23S2/c1-21(2)10-9-15-46(8)38-25(48)18-45(7)24-11-12-28-43(4,5)29(14-16-44(28,6)23(24)13-17-47(38,45)42(55)69-46)66-41-37(31(50)27(19-62-41)70-72(59,60)61)68-39-35(54)33(52)36(22(3)64-39)67-40-34(53)32(51)30(49)26(65-40)20-63-71(56,57)58/h13,22,24,26-41,49-54H,1,9-12,14-20H2,2-8H3,(H,56,57,58)(H,59,60,61). The number of carbonyl (C=O) groups excluding carboxylic acids is 2. The Morgan fingerprint density at radius 2 is 1.46 bits per heavy atom. The number of cyclic esters (lactones) is 1. The molecular weight excluding hydrogens is 997 g/mol. The van der Waals surface area contributed by atoms with Gasteiger partial charge in [-0.2, -0.15) is 16.8 Å². The van der Waals surface area contributed by atoms with Crippen molar-refractivity contribution in [3.05, 3.63) is 23.8 Å². The Balaban J connectivity index is 0.990. The van der Waals surface area contributed by atoms with Crippen molar-refractivity contribution in [3.63, 3.8) is 0 Å². The van der Waals surface area contributed by atoms with Crippen molar-refractivity contribution in [2.75, 3.05) is 13.2 Å². The number of Topliss-reactive ketones (excluding diaryl/α,β-unsaturated/α-hetero) is 1. The molecule has 25 heteroatoms. The van der Waals surface area contributed by atoms with E-state index in [2.05, 4.69) is 44.5 Å². The number of esters is 1. The third-order valence-corrected chi connectivity index (χ3v) is 18.9. The van der Waals surface area contributed by atoms with Crippen LogP contribution in [0.2, 0.25) is 0 Å². The van der Waals surface area contributed by atoms with Gasteiger partial charge in [-0.15, -0.1) is 6.58 Å². The number of hydrogen-bond acceptors (Lipinski definition) is 21. The van der Waals surface area contributed by atoms with Crippen LogP contribution in [0.4, 0.5) is 0 Å². The maximum absolute atomic E-state index is 14.3. The summed E-state index contributed by atoms with van der Waals surface area (Å²) >= 11 is 0. The van der Waals surface area contributed by atoms with E-state index in [1.54, 1.807) is 0 Å². The molecule has 0 aromatic carbocycles. The Hall–Kier alpha value is -2.12. The highest BCUT2D eigenvalue weighted by atomic mass is 32.3. The second-order valence-corrected chi connectivity index (χ2v) is 24.9. The second kappa shape index (κ2) is 19.7. The summed E-state index contributed by atoms with van der Waals surface area (Å²) in [7, 11) is -10.2. The fourth-order valence-corrected chi connectivity index (χ4v) is 15.2. The minimum absolute atomic E-state index is 0.0128. The lowest BCUT2D eigenvalue weighted by Crippen LogP contribution is -2.65. The van der Waals surface area contributed by atoms with E-state index in [4.69, 9.17) is 41.9 Å². The van der Waals surface area contributed by atoms with Gasteiger partial charge in [0.15, 0.2) is 18.9 Å². The van der Waals surface area contributed by atoms with Gasteiger partial charge >= 0.3 is 26.8 Å². The van der Waals surface area contributed by atoms with Gasteiger partial charge < -0.3 is 63.8 Å². The van der Waals surface area contributed by atoms with Crippen LogP contribution >= 0.6 is 0 Å². The normalized spacial score (nSPS) is 48.2. The van der Waals surface area contributed by atoms with Crippen molar-refractivity contribution in [2.45, 2.75) is 204 Å². The second-order valence-electron chi connectivity index (χ2n) is 22.8. The van der Waals surface area contributed by atoms with Crippen LogP contribution in [0, 0.1) is 39.4 Å². The lowest BCUT2D eigenvalue weighted by molar-refractivity contribution is -0.379. The summed E-state index contributed by atoms with van der Waals surface area (Å²) in [6.07, 6.45) is -18.2. The molecular formula is C47H72O23S2. The largest absolute Gasteiger partial charge is 0.458 e. The molecule has 8 N–H and O–H groups in total. The van der Waals surface area contributed by atoms with Gasteiger partial charge in [-0.1, -0.05) is 44.9 Å². The molecule has 4 saturated heterocycles. The lowest BCUT2D eigenvalue weighted by atomic mass is 9.41. The molecule has 410 valence electrons. The number of hydrogen-bond donors (Lipinski definition) is 8. The van der Waals surface area contributed by atoms with Crippen LogP contribution in [0.3, 0.4) is 0 Å². The van der Waals surface area contributed by atoms with E-state index < -0.39 is 154 Å². The molecule has 0 amide bonds. The zero-order valence-corrected chi connectivity index (χ0v) is 43.1. The van der Waals surface area contributed by atoms with Crippen LogP contribution in [-0.4, -0.2) is 179 Å². The number of ether oxygens (including phenoxy) is 7. The van der Waals surface area contributed by atoms with Crippen molar-refractivity contribution in [3.8, 4) is 0 Å². The predicted octanol–water partition coefficient (Wildman–Crippen LogP) is 0.967. The Morgan fingerprint density at radius 3 is 2.11 bits per heavy atom. The van der Waals surface area contributed by atoms with Crippen LogP contribution in [0.5, 0.6) is 0 Å². The molecule has 7 fully saturated rings. The zero-order chi connectivity index (χ0) is 53.1. The number of allylic oxidation sites excluding steroid dienone is 3. The third-order valence-electron chi connectivity index (χ3n) is 17.9. The summed E-state index contributed by atoms with van der Waals surface area (Å²) in [4.78, 5) is 28.6. The van der Waals surface area contributed by atoms with Gasteiger partial charge in [0.05, 0.1) is 36.8 Å². The fraction of sp³-hybridized carbons (Fsp3) is 0.872. The summed E-state index contributed by atoms with van der Waals surface area (Å²) < 4.78 is 116. The van der Waals surface area contributed by atoms with Crippen molar-refractivity contribution in [2.24, 2.45) is 39.4 Å². The quantitative estimate of drug-likeness (QED) is 0.0490. The van der Waals surface area contributed by atoms with Crippen molar-refractivity contribution in [1.29, 1.82) is 0 Å². The Morgan fingerprint density at radius 1 is 0.806 bits per heavy atom. The molecule has 72 heavy (non-hydrogen) atoms. The first-order valence-corrected chi connectivity index (χ1v) is 27.4. The van der Waals surface area contributed by atoms with Crippen LogP contribution in [0.15, 0.2) is 23.8 Å². The summed E-state index contributed by atoms with van der Waals surface area (Å²) in [6, 6.07) is 0. The van der Waals surface area contributed by atoms with Gasteiger partial charge in [0.2, 0.25) is 0 Å². The number of aliphatic hydroxyl groups is 6. The van der Waals surface area contributed by atoms with Crippen LogP contribution in [0.1, 0.15) is 106 Å². The van der Waals surface area contributed by atoms with E-state index in [9.17, 15) is 61.6 Å². The first kappa shape index (κ1) is 56.1. The molecule has 0 radical (unpaired) electrons. The van der Waals surface area contributed by atoms with Crippen molar-refractivity contribution >= 4 is 32.6 Å². The Bertz CT molecular complexity index is 2350. The van der Waals surface area contributed by atoms with E-state index in [0.29, 0.717) is 38.5 Å². The SMILES string of the molecule is C=C(C)CCCC1(C)OC(=O)C23CC=C4C(CCC5C4(C)CCC(OC4OCC(OS(=O)(=O)O)C(O)C4OC4OC(C)C(OC6OC(COS(=O)(=O)O)C(O)C(O)C6O)C(O)C4O)C5(C)C)C2(C)CC(=O)C13. The van der Waals surface area contributed by atoms with Crippen LogP contribution in [-0.2, 0) is 71.9 Å². The van der Waals surface area contributed by atoms with Crippen LogP contribution < -0.4 is 0 Å². The van der Waals surface area contributed by atoms with E-state index >= 15 is 0 Å². The van der Waals surface area contributed by atoms with E-state index in [-0.39, 0.29) is 35.4 Å². The van der Waals surface area contributed by atoms with Gasteiger partial charge in [-0.25, -0.2) is 8.37 Å². The lowest BCUT2D eigenvalue weighted by Gasteiger charge is -2.63. The molecule has 23 nitrogen and oxygen atoms in total. The van der Waals surface area contributed by atoms with Crippen LogP contribution in [0.25, 0.3) is 0 Å². The molecule has 4 aliphatic heterocycles. The number of fused-ring (bicyclic) bond motifs is 4. The van der Waals surface area contributed by atoms with E-state index in [1.807, 2.05) is 13.8 Å². The first-order chi connectivity index (χ1) is 33.3.